The van der Waals surface area contributed by atoms with Crippen molar-refractivity contribution in [3.63, 3.8) is 0 Å². The van der Waals surface area contributed by atoms with Crippen molar-refractivity contribution in [2.24, 2.45) is 0 Å². The topological polar surface area (TPSA) is 43.4 Å². The lowest BCUT2D eigenvalue weighted by atomic mass is 10.1. The van der Waals surface area contributed by atoms with E-state index in [1.165, 1.54) is 7.11 Å². The van der Waals surface area contributed by atoms with E-state index in [9.17, 15) is 9.59 Å². The van der Waals surface area contributed by atoms with Crippen LogP contribution in [0.3, 0.4) is 0 Å². The van der Waals surface area contributed by atoms with Gasteiger partial charge in [0, 0.05) is 23.3 Å². The Morgan fingerprint density at radius 2 is 1.94 bits per heavy atom. The van der Waals surface area contributed by atoms with Gasteiger partial charge in [-0.15, -0.1) is 11.8 Å². The van der Waals surface area contributed by atoms with E-state index >= 15 is 0 Å². The standard InChI is InChI=1S/C13H16O3S/c1-16-13(15)9-5-7-11(14)10-6-3-4-8-12(10)17-2/h3-4,6,8H,5,7,9H2,1-2H3. The zero-order chi connectivity index (χ0) is 12.7. The lowest BCUT2D eigenvalue weighted by Crippen LogP contribution is -2.04. The highest BCUT2D eigenvalue weighted by Crippen LogP contribution is 2.21. The van der Waals surface area contributed by atoms with Crippen LogP contribution in [0, 0.1) is 0 Å². The zero-order valence-electron chi connectivity index (χ0n) is 10.1. The predicted molar refractivity (Wildman–Crippen MR) is 68.4 cm³/mol. The smallest absolute Gasteiger partial charge is 0.305 e. The Morgan fingerprint density at radius 3 is 2.59 bits per heavy atom. The van der Waals surface area contributed by atoms with Crippen molar-refractivity contribution in [3.8, 4) is 0 Å². The second kappa shape index (κ2) is 7.12. The van der Waals surface area contributed by atoms with Gasteiger partial charge in [0.15, 0.2) is 5.78 Å². The van der Waals surface area contributed by atoms with Crippen LogP contribution < -0.4 is 0 Å². The van der Waals surface area contributed by atoms with E-state index < -0.39 is 0 Å². The number of Topliss-reactive ketones (excluding diaryl/α,β-unsaturated/α-hetero) is 1. The van der Waals surface area contributed by atoms with Crippen molar-refractivity contribution in [2.75, 3.05) is 13.4 Å². The number of methoxy groups -OCH3 is 1. The summed E-state index contributed by atoms with van der Waals surface area (Å²) in [6.07, 6.45) is 3.16. The fourth-order valence-electron chi connectivity index (χ4n) is 1.51. The maximum atomic E-state index is 11.9. The number of carbonyl (C=O) groups is 2. The Balaban J connectivity index is 2.55. The first-order chi connectivity index (χ1) is 8.19. The van der Waals surface area contributed by atoms with Gasteiger partial charge in [-0.2, -0.15) is 0 Å². The lowest BCUT2D eigenvalue weighted by molar-refractivity contribution is -0.140. The minimum absolute atomic E-state index is 0.0823. The molecule has 0 spiro atoms. The third-order valence-electron chi connectivity index (χ3n) is 2.42. The Bertz CT molecular complexity index is 401. The molecule has 0 heterocycles. The zero-order valence-corrected chi connectivity index (χ0v) is 10.9. The molecule has 1 rings (SSSR count). The molecule has 0 aromatic heterocycles. The van der Waals surface area contributed by atoms with Crippen LogP contribution in [-0.4, -0.2) is 25.1 Å². The average Bonchev–Trinajstić information content (AvgIpc) is 2.38. The molecule has 0 saturated carbocycles. The van der Waals surface area contributed by atoms with Gasteiger partial charge >= 0.3 is 5.97 Å². The van der Waals surface area contributed by atoms with Crippen molar-refractivity contribution in [1.82, 2.24) is 0 Å². The molecule has 0 unspecified atom stereocenters. The highest BCUT2D eigenvalue weighted by Gasteiger charge is 2.11. The van der Waals surface area contributed by atoms with Gasteiger partial charge in [0.2, 0.25) is 0 Å². The van der Waals surface area contributed by atoms with Crippen LogP contribution in [0.1, 0.15) is 29.6 Å². The summed E-state index contributed by atoms with van der Waals surface area (Å²) in [4.78, 5) is 23.8. The van der Waals surface area contributed by atoms with Crippen molar-refractivity contribution < 1.29 is 14.3 Å². The molecule has 0 fully saturated rings. The SMILES string of the molecule is COC(=O)CCCC(=O)c1ccccc1SC. The van der Waals surface area contributed by atoms with E-state index in [2.05, 4.69) is 4.74 Å². The second-order valence-corrected chi connectivity index (χ2v) is 4.40. The monoisotopic (exact) mass is 252 g/mol. The third kappa shape index (κ3) is 4.23. The molecule has 1 aromatic carbocycles. The molecule has 0 aliphatic rings. The van der Waals surface area contributed by atoms with Crippen LogP contribution in [0.25, 0.3) is 0 Å². The molecular weight excluding hydrogens is 236 g/mol. The molecule has 0 N–H and O–H groups in total. The number of thioether (sulfide) groups is 1. The van der Waals surface area contributed by atoms with E-state index in [1.54, 1.807) is 11.8 Å². The van der Waals surface area contributed by atoms with E-state index in [-0.39, 0.29) is 11.8 Å². The van der Waals surface area contributed by atoms with Crippen LogP contribution in [0.5, 0.6) is 0 Å². The van der Waals surface area contributed by atoms with Gasteiger partial charge < -0.3 is 4.74 Å². The van der Waals surface area contributed by atoms with E-state index in [4.69, 9.17) is 0 Å². The fraction of sp³-hybridized carbons (Fsp3) is 0.385. The molecule has 0 atom stereocenters. The minimum atomic E-state index is -0.268. The molecule has 0 amide bonds. The summed E-state index contributed by atoms with van der Waals surface area (Å²) in [6.45, 7) is 0. The molecule has 4 heteroatoms. The molecule has 92 valence electrons. The van der Waals surface area contributed by atoms with Gasteiger partial charge in [0.05, 0.1) is 7.11 Å². The average molecular weight is 252 g/mol. The van der Waals surface area contributed by atoms with Crippen LogP contribution in [-0.2, 0) is 9.53 Å². The van der Waals surface area contributed by atoms with E-state index in [0.717, 1.165) is 10.5 Å². The summed E-state index contributed by atoms with van der Waals surface area (Å²) in [5.74, 6) is -0.185. The Morgan fingerprint density at radius 1 is 1.24 bits per heavy atom. The number of hydrogen-bond donors (Lipinski definition) is 0. The number of ether oxygens (including phenoxy) is 1. The Labute approximate surface area is 106 Å². The molecule has 0 aliphatic carbocycles. The van der Waals surface area contributed by atoms with Crippen molar-refractivity contribution >= 4 is 23.5 Å². The number of ketones is 1. The van der Waals surface area contributed by atoms with Gasteiger partial charge in [0.1, 0.15) is 0 Å². The van der Waals surface area contributed by atoms with Crippen molar-refractivity contribution in [1.29, 1.82) is 0 Å². The minimum Gasteiger partial charge on any atom is -0.469 e. The van der Waals surface area contributed by atoms with Crippen molar-refractivity contribution in [2.45, 2.75) is 24.2 Å². The molecule has 0 radical (unpaired) electrons. The quantitative estimate of drug-likeness (QED) is 0.443. The first kappa shape index (κ1) is 13.8. The van der Waals surface area contributed by atoms with Gasteiger partial charge in [-0.1, -0.05) is 18.2 Å². The summed E-state index contributed by atoms with van der Waals surface area (Å²) >= 11 is 1.56. The third-order valence-corrected chi connectivity index (χ3v) is 3.22. The number of hydrogen-bond acceptors (Lipinski definition) is 4. The van der Waals surface area contributed by atoms with Crippen LogP contribution >= 0.6 is 11.8 Å². The van der Waals surface area contributed by atoms with Crippen LogP contribution in [0.4, 0.5) is 0 Å². The summed E-state index contributed by atoms with van der Waals surface area (Å²) in [6, 6.07) is 7.52. The predicted octanol–water partition coefficient (Wildman–Crippen LogP) is 2.93. The van der Waals surface area contributed by atoms with Crippen LogP contribution in [0.15, 0.2) is 29.2 Å². The summed E-state index contributed by atoms with van der Waals surface area (Å²) in [7, 11) is 1.35. The normalized spacial score (nSPS) is 10.0. The van der Waals surface area contributed by atoms with Gasteiger partial charge in [-0.25, -0.2) is 0 Å². The first-order valence-electron chi connectivity index (χ1n) is 5.42. The number of benzene rings is 1. The van der Waals surface area contributed by atoms with Crippen molar-refractivity contribution in [3.05, 3.63) is 29.8 Å². The maximum Gasteiger partial charge on any atom is 0.305 e. The second-order valence-electron chi connectivity index (χ2n) is 3.55. The Hall–Kier alpha value is -1.29. The molecule has 3 nitrogen and oxygen atoms in total. The summed E-state index contributed by atoms with van der Waals surface area (Å²) < 4.78 is 4.53. The molecule has 0 bridgehead atoms. The molecule has 0 saturated heterocycles. The highest BCUT2D eigenvalue weighted by atomic mass is 32.2. The largest absolute Gasteiger partial charge is 0.469 e. The molecule has 1 aromatic rings. The van der Waals surface area contributed by atoms with Gasteiger partial charge in [-0.3, -0.25) is 9.59 Å². The van der Waals surface area contributed by atoms with Crippen LogP contribution in [0.2, 0.25) is 0 Å². The number of carbonyl (C=O) groups excluding carboxylic acids is 2. The molecule has 17 heavy (non-hydrogen) atoms. The Kier molecular flexibility index (Phi) is 5.77. The van der Waals surface area contributed by atoms with Gasteiger partial charge in [0.25, 0.3) is 0 Å². The first-order valence-corrected chi connectivity index (χ1v) is 6.64. The number of esters is 1. The summed E-state index contributed by atoms with van der Waals surface area (Å²) in [5.41, 5.74) is 0.741. The van der Waals surface area contributed by atoms with E-state index in [1.807, 2.05) is 30.5 Å². The fourth-order valence-corrected chi connectivity index (χ4v) is 2.12. The summed E-state index contributed by atoms with van der Waals surface area (Å²) in [5, 5.41) is 0. The molecular formula is C13H16O3S. The van der Waals surface area contributed by atoms with E-state index in [0.29, 0.717) is 19.3 Å². The highest BCUT2D eigenvalue weighted by molar-refractivity contribution is 7.98. The maximum absolute atomic E-state index is 11.9. The molecule has 0 aliphatic heterocycles. The number of rotatable bonds is 6. The lowest BCUT2D eigenvalue weighted by Gasteiger charge is -2.05. The van der Waals surface area contributed by atoms with Gasteiger partial charge in [-0.05, 0) is 18.7 Å².